The molecule has 2 aromatic rings. The Bertz CT molecular complexity index is 599. The van der Waals surface area contributed by atoms with E-state index in [1.165, 1.54) is 0 Å². The van der Waals surface area contributed by atoms with Gasteiger partial charge in [-0.2, -0.15) is 0 Å². The van der Waals surface area contributed by atoms with E-state index in [2.05, 4.69) is 0 Å². The molecule has 21 heavy (non-hydrogen) atoms. The maximum Gasteiger partial charge on any atom is 0.242 e. The molecule has 0 spiro atoms. The average Bonchev–Trinajstić information content (AvgIpc) is 3.04. The van der Waals surface area contributed by atoms with Crippen LogP contribution in [0, 0.1) is 0 Å². The summed E-state index contributed by atoms with van der Waals surface area (Å²) in [4.78, 5) is 14.1. The smallest absolute Gasteiger partial charge is 0.242 e. The first-order valence-corrected chi connectivity index (χ1v) is 7.10. The third-order valence-electron chi connectivity index (χ3n) is 4.14. The maximum atomic E-state index is 12.4. The predicted molar refractivity (Wildman–Crippen MR) is 85.3 cm³/mol. The number of furan rings is 1. The van der Waals surface area contributed by atoms with E-state index in [4.69, 9.17) is 10.2 Å². The van der Waals surface area contributed by atoms with E-state index in [1.54, 1.807) is 11.9 Å². The number of hydrogen-bond acceptors (Lipinski definition) is 3. The van der Waals surface area contributed by atoms with Gasteiger partial charge in [0.15, 0.2) is 0 Å². The number of nitrogens with two attached hydrogens (primary N) is 1. The summed E-state index contributed by atoms with van der Waals surface area (Å²) >= 11 is 0. The number of para-hydroxylation sites is 1. The van der Waals surface area contributed by atoms with Gasteiger partial charge in [-0.15, -0.1) is 12.4 Å². The number of fused-ring (bicyclic) bond motifs is 1. The molecule has 1 aliphatic rings. The average molecular weight is 309 g/mol. The van der Waals surface area contributed by atoms with Gasteiger partial charge in [0, 0.05) is 12.4 Å². The molecule has 1 aromatic heterocycles. The highest BCUT2D eigenvalue weighted by Gasteiger charge is 2.38. The lowest BCUT2D eigenvalue weighted by Gasteiger charge is -2.28. The maximum absolute atomic E-state index is 12.4. The molecular formula is C16H21ClN2O2. The van der Waals surface area contributed by atoms with Gasteiger partial charge >= 0.3 is 0 Å². The Kier molecular flexibility index (Phi) is 4.59. The van der Waals surface area contributed by atoms with Crippen molar-refractivity contribution in [2.24, 2.45) is 5.73 Å². The molecular weight excluding hydrogens is 288 g/mol. The zero-order chi connectivity index (χ0) is 14.2. The normalized spacial score (nSPS) is 16.7. The van der Waals surface area contributed by atoms with E-state index in [0.29, 0.717) is 6.54 Å². The Morgan fingerprint density at radius 3 is 2.67 bits per heavy atom. The summed E-state index contributed by atoms with van der Waals surface area (Å²) in [6.07, 6.45) is 3.66. The fraction of sp³-hybridized carbons (Fsp3) is 0.438. The molecule has 3 rings (SSSR count). The largest absolute Gasteiger partial charge is 0.459 e. The molecule has 0 saturated heterocycles. The highest BCUT2D eigenvalue weighted by molar-refractivity contribution is 5.86. The fourth-order valence-electron chi connectivity index (χ4n) is 3.02. The molecule has 1 amide bonds. The summed E-state index contributed by atoms with van der Waals surface area (Å²) in [5, 5.41) is 1.06. The minimum absolute atomic E-state index is 0. The molecule has 0 radical (unpaired) electrons. The zero-order valence-electron chi connectivity index (χ0n) is 12.2. The number of benzene rings is 1. The Balaban J connectivity index is 0.00000161. The molecule has 1 fully saturated rings. The van der Waals surface area contributed by atoms with Crippen molar-refractivity contribution in [3.63, 3.8) is 0 Å². The minimum atomic E-state index is -0.666. The minimum Gasteiger partial charge on any atom is -0.459 e. The van der Waals surface area contributed by atoms with Gasteiger partial charge in [0.25, 0.3) is 0 Å². The molecule has 114 valence electrons. The van der Waals surface area contributed by atoms with Gasteiger partial charge < -0.3 is 15.1 Å². The van der Waals surface area contributed by atoms with Crippen molar-refractivity contribution in [3.05, 3.63) is 36.1 Å². The molecule has 1 saturated carbocycles. The Morgan fingerprint density at radius 1 is 1.33 bits per heavy atom. The molecule has 1 heterocycles. The number of halogens is 1. The number of nitrogens with zero attached hydrogens (tertiary/aromatic N) is 1. The summed E-state index contributed by atoms with van der Waals surface area (Å²) in [5.74, 6) is 0.819. The van der Waals surface area contributed by atoms with Crippen molar-refractivity contribution in [1.82, 2.24) is 4.90 Å². The lowest BCUT2D eigenvalue weighted by atomic mass is 9.97. The van der Waals surface area contributed by atoms with E-state index < -0.39 is 5.54 Å². The first kappa shape index (κ1) is 15.9. The van der Waals surface area contributed by atoms with Crippen LogP contribution in [0.15, 0.2) is 34.7 Å². The zero-order valence-corrected chi connectivity index (χ0v) is 13.0. The van der Waals surface area contributed by atoms with Crippen molar-refractivity contribution in [1.29, 1.82) is 0 Å². The van der Waals surface area contributed by atoms with Gasteiger partial charge in [-0.1, -0.05) is 31.0 Å². The second kappa shape index (κ2) is 6.08. The number of amides is 1. The Hall–Kier alpha value is -1.52. The quantitative estimate of drug-likeness (QED) is 0.948. The van der Waals surface area contributed by atoms with Gasteiger partial charge in [-0.05, 0) is 25.0 Å². The van der Waals surface area contributed by atoms with Crippen LogP contribution in [-0.2, 0) is 11.3 Å². The van der Waals surface area contributed by atoms with Crippen LogP contribution in [0.2, 0.25) is 0 Å². The fourth-order valence-corrected chi connectivity index (χ4v) is 3.02. The summed E-state index contributed by atoms with van der Waals surface area (Å²) in [5.41, 5.74) is 6.40. The number of rotatable bonds is 3. The van der Waals surface area contributed by atoms with Crippen LogP contribution in [0.4, 0.5) is 0 Å². The van der Waals surface area contributed by atoms with Gasteiger partial charge in [0.2, 0.25) is 5.91 Å². The van der Waals surface area contributed by atoms with Crippen molar-refractivity contribution < 1.29 is 9.21 Å². The number of hydrogen-bond donors (Lipinski definition) is 1. The molecule has 0 aliphatic heterocycles. The molecule has 1 aliphatic carbocycles. The molecule has 5 heteroatoms. The number of carbonyl (C=O) groups excluding carboxylic acids is 1. The van der Waals surface area contributed by atoms with Crippen molar-refractivity contribution in [2.45, 2.75) is 37.8 Å². The van der Waals surface area contributed by atoms with Gasteiger partial charge in [0.1, 0.15) is 11.3 Å². The van der Waals surface area contributed by atoms with Crippen LogP contribution in [0.25, 0.3) is 11.0 Å². The number of carbonyl (C=O) groups is 1. The van der Waals surface area contributed by atoms with E-state index in [1.807, 2.05) is 30.3 Å². The van der Waals surface area contributed by atoms with Crippen LogP contribution in [0.5, 0.6) is 0 Å². The second-order valence-electron chi connectivity index (χ2n) is 5.77. The summed E-state index contributed by atoms with van der Waals surface area (Å²) in [6.45, 7) is 0.465. The third-order valence-corrected chi connectivity index (χ3v) is 4.14. The molecule has 0 unspecified atom stereocenters. The monoisotopic (exact) mass is 308 g/mol. The molecule has 4 nitrogen and oxygen atoms in total. The van der Waals surface area contributed by atoms with E-state index >= 15 is 0 Å². The van der Waals surface area contributed by atoms with Crippen LogP contribution in [-0.4, -0.2) is 23.4 Å². The predicted octanol–water partition coefficient (Wildman–Crippen LogP) is 3.08. The van der Waals surface area contributed by atoms with Crippen molar-refractivity contribution in [2.75, 3.05) is 7.05 Å². The molecule has 1 aromatic carbocycles. The first-order chi connectivity index (χ1) is 9.58. The van der Waals surface area contributed by atoms with Crippen LogP contribution in [0.3, 0.4) is 0 Å². The van der Waals surface area contributed by atoms with Crippen LogP contribution >= 0.6 is 12.4 Å². The van der Waals surface area contributed by atoms with Gasteiger partial charge in [0.05, 0.1) is 12.1 Å². The molecule has 2 N–H and O–H groups in total. The first-order valence-electron chi connectivity index (χ1n) is 7.10. The highest BCUT2D eigenvalue weighted by Crippen LogP contribution is 2.29. The van der Waals surface area contributed by atoms with Crippen LogP contribution in [0.1, 0.15) is 31.4 Å². The standard InChI is InChI=1S/C16H20N2O2.ClH/c1-18(15(19)16(17)8-4-5-9-16)11-13-10-12-6-2-3-7-14(12)20-13;/h2-3,6-7,10H,4-5,8-9,11,17H2,1H3;1H. The molecule has 0 atom stereocenters. The van der Waals surface area contributed by atoms with Crippen LogP contribution < -0.4 is 5.73 Å². The van der Waals surface area contributed by atoms with E-state index in [0.717, 1.165) is 42.4 Å². The van der Waals surface area contributed by atoms with E-state index in [-0.39, 0.29) is 18.3 Å². The van der Waals surface area contributed by atoms with Crippen molar-refractivity contribution >= 4 is 29.3 Å². The lowest BCUT2D eigenvalue weighted by molar-refractivity contribution is -0.136. The van der Waals surface area contributed by atoms with Crippen molar-refractivity contribution in [3.8, 4) is 0 Å². The van der Waals surface area contributed by atoms with E-state index in [9.17, 15) is 4.79 Å². The lowest BCUT2D eigenvalue weighted by Crippen LogP contribution is -2.52. The summed E-state index contributed by atoms with van der Waals surface area (Å²) in [7, 11) is 1.79. The SMILES string of the molecule is CN(Cc1cc2ccccc2o1)C(=O)C1(N)CCCC1.Cl. The second-order valence-corrected chi connectivity index (χ2v) is 5.77. The molecule has 0 bridgehead atoms. The Morgan fingerprint density at radius 2 is 2.00 bits per heavy atom. The number of likely N-dealkylation sites (N-methyl/N-ethyl adjacent to an activating group) is 1. The summed E-state index contributed by atoms with van der Waals surface area (Å²) in [6, 6.07) is 9.84. The van der Waals surface area contributed by atoms with Gasteiger partial charge in [-0.25, -0.2) is 0 Å². The van der Waals surface area contributed by atoms with Gasteiger partial charge in [-0.3, -0.25) is 4.79 Å². The topological polar surface area (TPSA) is 59.5 Å². The highest BCUT2D eigenvalue weighted by atomic mass is 35.5. The Labute approximate surface area is 130 Å². The third kappa shape index (κ3) is 3.06. The summed E-state index contributed by atoms with van der Waals surface area (Å²) < 4.78 is 5.75.